The van der Waals surface area contributed by atoms with Crippen LogP contribution < -0.4 is 15.5 Å². The Balaban J connectivity index is 1.54. The van der Waals surface area contributed by atoms with E-state index in [1.165, 1.54) is 0 Å². The highest BCUT2D eigenvalue weighted by atomic mass is 16.5. The second-order valence-corrected chi connectivity index (χ2v) is 6.35. The van der Waals surface area contributed by atoms with E-state index in [-0.39, 0.29) is 0 Å². The minimum absolute atomic E-state index is 0.453. The van der Waals surface area contributed by atoms with Gasteiger partial charge in [0.05, 0.1) is 30.8 Å². The van der Waals surface area contributed by atoms with E-state index in [2.05, 4.69) is 49.8 Å². The number of rotatable bonds is 5. The van der Waals surface area contributed by atoms with Crippen LogP contribution in [0.1, 0.15) is 5.56 Å². The number of hydrogen-bond donors (Lipinski definition) is 2. The van der Waals surface area contributed by atoms with Crippen molar-refractivity contribution in [2.45, 2.75) is 6.92 Å². The van der Waals surface area contributed by atoms with Crippen LogP contribution in [0.4, 0.5) is 28.8 Å². The van der Waals surface area contributed by atoms with Crippen molar-refractivity contribution in [2.24, 2.45) is 0 Å². The molecular weight excluding hydrogens is 340 g/mol. The molecule has 2 heterocycles. The number of aryl methyl sites for hydroxylation is 1. The summed E-state index contributed by atoms with van der Waals surface area (Å²) in [6, 6.07) is 16.2. The first kappa shape index (κ1) is 17.2. The Kier molecular flexibility index (Phi) is 5.11. The maximum Gasteiger partial charge on any atom is 0.249 e. The smallest absolute Gasteiger partial charge is 0.249 e. The number of hydrogen-bond acceptors (Lipinski definition) is 7. The molecule has 0 amide bonds. The normalized spacial score (nSPS) is 14.0. The summed E-state index contributed by atoms with van der Waals surface area (Å²) in [5.74, 6) is 1.10. The van der Waals surface area contributed by atoms with Gasteiger partial charge in [-0.3, -0.25) is 0 Å². The van der Waals surface area contributed by atoms with E-state index in [4.69, 9.17) is 4.74 Å². The highest BCUT2D eigenvalue weighted by Crippen LogP contribution is 2.28. The third kappa shape index (κ3) is 4.15. The molecule has 138 valence electrons. The fraction of sp³-hybridized carbons (Fsp3) is 0.250. The zero-order valence-electron chi connectivity index (χ0n) is 15.2. The van der Waals surface area contributed by atoms with E-state index in [1.807, 2.05) is 36.4 Å². The van der Waals surface area contributed by atoms with Gasteiger partial charge < -0.3 is 20.3 Å². The molecule has 3 aromatic rings. The molecule has 0 aliphatic carbocycles. The molecule has 1 aliphatic rings. The van der Waals surface area contributed by atoms with Crippen molar-refractivity contribution in [1.82, 2.24) is 15.2 Å². The van der Waals surface area contributed by atoms with Gasteiger partial charge in [0.1, 0.15) is 0 Å². The third-order valence-electron chi connectivity index (χ3n) is 4.47. The highest BCUT2D eigenvalue weighted by molar-refractivity contribution is 5.73. The molecule has 0 spiro atoms. The van der Waals surface area contributed by atoms with Gasteiger partial charge >= 0.3 is 0 Å². The second kappa shape index (κ2) is 8.01. The molecule has 27 heavy (non-hydrogen) atoms. The molecule has 4 rings (SSSR count). The number of para-hydroxylation sites is 3. The first-order chi connectivity index (χ1) is 13.3. The predicted molar refractivity (Wildman–Crippen MR) is 107 cm³/mol. The fourth-order valence-electron chi connectivity index (χ4n) is 3.05. The quantitative estimate of drug-likeness (QED) is 0.719. The summed E-state index contributed by atoms with van der Waals surface area (Å²) in [6.45, 7) is 5.26. The van der Waals surface area contributed by atoms with Crippen molar-refractivity contribution in [3.05, 3.63) is 60.3 Å². The van der Waals surface area contributed by atoms with Gasteiger partial charge in [0.25, 0.3) is 0 Å². The van der Waals surface area contributed by atoms with Crippen LogP contribution in [0.5, 0.6) is 0 Å². The largest absolute Gasteiger partial charge is 0.378 e. The molecule has 1 aromatic heterocycles. The molecule has 1 fully saturated rings. The lowest BCUT2D eigenvalue weighted by Gasteiger charge is -2.30. The van der Waals surface area contributed by atoms with E-state index >= 15 is 0 Å². The van der Waals surface area contributed by atoms with Crippen molar-refractivity contribution in [2.75, 3.05) is 41.8 Å². The van der Waals surface area contributed by atoms with Crippen molar-refractivity contribution in [3.63, 3.8) is 0 Å². The Labute approximate surface area is 158 Å². The molecule has 0 radical (unpaired) electrons. The summed E-state index contributed by atoms with van der Waals surface area (Å²) in [6.07, 6.45) is 1.62. The van der Waals surface area contributed by atoms with Gasteiger partial charge in [-0.25, -0.2) is 0 Å². The summed E-state index contributed by atoms with van der Waals surface area (Å²) in [7, 11) is 0. The van der Waals surface area contributed by atoms with E-state index in [0.717, 1.165) is 48.9 Å². The number of morpholine rings is 1. The number of aromatic nitrogens is 3. The Hall–Kier alpha value is -3.19. The number of anilines is 5. The maximum atomic E-state index is 5.46. The molecule has 0 unspecified atom stereocenters. The molecular formula is C20H22N6O. The van der Waals surface area contributed by atoms with E-state index in [9.17, 15) is 0 Å². The third-order valence-corrected chi connectivity index (χ3v) is 4.47. The lowest BCUT2D eigenvalue weighted by molar-refractivity contribution is 0.123. The lowest BCUT2D eigenvalue weighted by atomic mass is 10.2. The van der Waals surface area contributed by atoms with Crippen LogP contribution in [0.2, 0.25) is 0 Å². The maximum absolute atomic E-state index is 5.46. The zero-order chi connectivity index (χ0) is 18.5. The molecule has 1 saturated heterocycles. The first-order valence-corrected chi connectivity index (χ1v) is 9.01. The number of nitrogens with zero attached hydrogens (tertiary/aromatic N) is 4. The Morgan fingerprint density at radius 2 is 1.67 bits per heavy atom. The van der Waals surface area contributed by atoms with Crippen LogP contribution in [0, 0.1) is 6.92 Å². The highest BCUT2D eigenvalue weighted by Gasteiger charge is 2.15. The van der Waals surface area contributed by atoms with Crippen LogP contribution >= 0.6 is 0 Å². The minimum atomic E-state index is 0.453. The van der Waals surface area contributed by atoms with Gasteiger partial charge in [-0.15, -0.1) is 5.10 Å². The SMILES string of the molecule is Cc1ccccc1Nc1cnnc(Nc2ccccc2N2CCOCC2)n1. The number of benzene rings is 2. The average Bonchev–Trinajstić information content (AvgIpc) is 2.71. The summed E-state index contributed by atoms with van der Waals surface area (Å²) in [5, 5.41) is 14.8. The molecule has 2 N–H and O–H groups in total. The summed E-state index contributed by atoms with van der Waals surface area (Å²) in [4.78, 5) is 6.85. The van der Waals surface area contributed by atoms with E-state index in [0.29, 0.717) is 11.8 Å². The Morgan fingerprint density at radius 1 is 0.926 bits per heavy atom. The average molecular weight is 362 g/mol. The second-order valence-electron chi connectivity index (χ2n) is 6.35. The van der Waals surface area contributed by atoms with Gasteiger partial charge in [0, 0.05) is 18.8 Å². The summed E-state index contributed by atoms with van der Waals surface area (Å²) < 4.78 is 5.46. The summed E-state index contributed by atoms with van der Waals surface area (Å²) in [5.41, 5.74) is 4.21. The number of nitrogens with one attached hydrogen (secondary N) is 2. The molecule has 0 saturated carbocycles. The van der Waals surface area contributed by atoms with Crippen molar-refractivity contribution < 1.29 is 4.74 Å². The Morgan fingerprint density at radius 3 is 2.48 bits per heavy atom. The van der Waals surface area contributed by atoms with E-state index in [1.54, 1.807) is 6.20 Å². The molecule has 2 aromatic carbocycles. The Bertz CT molecular complexity index is 910. The fourth-order valence-corrected chi connectivity index (χ4v) is 3.05. The van der Waals surface area contributed by atoms with Gasteiger partial charge in [-0.1, -0.05) is 30.3 Å². The van der Waals surface area contributed by atoms with Crippen molar-refractivity contribution >= 4 is 28.8 Å². The molecule has 7 nitrogen and oxygen atoms in total. The topological polar surface area (TPSA) is 75.2 Å². The van der Waals surface area contributed by atoms with Gasteiger partial charge in [0.2, 0.25) is 5.95 Å². The van der Waals surface area contributed by atoms with E-state index < -0.39 is 0 Å². The van der Waals surface area contributed by atoms with Crippen molar-refractivity contribution in [1.29, 1.82) is 0 Å². The van der Waals surface area contributed by atoms with Crippen LogP contribution in [-0.4, -0.2) is 41.5 Å². The van der Waals surface area contributed by atoms with Crippen LogP contribution in [-0.2, 0) is 4.74 Å². The molecule has 1 aliphatic heterocycles. The molecule has 7 heteroatoms. The minimum Gasteiger partial charge on any atom is -0.378 e. The van der Waals surface area contributed by atoms with Crippen molar-refractivity contribution in [3.8, 4) is 0 Å². The van der Waals surface area contributed by atoms with Gasteiger partial charge in [-0.05, 0) is 30.7 Å². The van der Waals surface area contributed by atoms with Crippen LogP contribution in [0.25, 0.3) is 0 Å². The monoisotopic (exact) mass is 362 g/mol. The van der Waals surface area contributed by atoms with Crippen LogP contribution in [0.3, 0.4) is 0 Å². The van der Waals surface area contributed by atoms with Gasteiger partial charge in [0.15, 0.2) is 5.82 Å². The predicted octanol–water partition coefficient (Wildman–Crippen LogP) is 3.50. The molecule has 0 atom stereocenters. The lowest BCUT2D eigenvalue weighted by Crippen LogP contribution is -2.36. The standard InChI is InChI=1S/C20H22N6O/c1-15-6-2-3-7-16(15)22-19-14-21-25-20(24-19)23-17-8-4-5-9-18(17)26-10-12-27-13-11-26/h2-9,14H,10-13H2,1H3,(H2,22,23,24,25). The number of ether oxygens (including phenoxy) is 1. The zero-order valence-corrected chi connectivity index (χ0v) is 15.2. The summed E-state index contributed by atoms with van der Waals surface area (Å²) >= 11 is 0. The van der Waals surface area contributed by atoms with Gasteiger partial charge in [-0.2, -0.15) is 10.1 Å². The van der Waals surface area contributed by atoms with Crippen LogP contribution in [0.15, 0.2) is 54.7 Å². The first-order valence-electron chi connectivity index (χ1n) is 9.01. The molecule has 0 bridgehead atoms.